The van der Waals surface area contributed by atoms with Crippen molar-refractivity contribution in [1.29, 1.82) is 0 Å². The standard InChI is InChI=1S/C26H21N3O6S/c30-22(31)15-29(20-4-2-1-3-5-20)25(34)18-10-12-19(13-11-18)27-23(32)17-8-6-16(7-9-17)14-21-24(33)28-26(35)36-21/h1-13,21H,14-15H2,(H,27,32)(H,30,31)(H,28,33,35). The van der Waals surface area contributed by atoms with Gasteiger partial charge >= 0.3 is 5.97 Å². The number of anilines is 2. The predicted octanol–water partition coefficient (Wildman–Crippen LogP) is 3.56. The van der Waals surface area contributed by atoms with Crippen LogP contribution in [-0.4, -0.2) is 45.8 Å². The number of para-hydroxylation sites is 1. The van der Waals surface area contributed by atoms with Crippen LogP contribution in [0.15, 0.2) is 78.9 Å². The average molecular weight is 504 g/mol. The number of carboxylic acids is 1. The summed E-state index contributed by atoms with van der Waals surface area (Å²) in [6, 6.07) is 21.4. The van der Waals surface area contributed by atoms with Crippen molar-refractivity contribution in [2.75, 3.05) is 16.8 Å². The normalized spacial score (nSPS) is 14.7. The van der Waals surface area contributed by atoms with Gasteiger partial charge in [-0.3, -0.25) is 34.2 Å². The SMILES string of the molecule is O=C(O)CN(C(=O)c1ccc(NC(=O)c2ccc(CC3SC(=O)NC3=O)cc2)cc1)c1ccccc1. The number of carbonyl (C=O) groups is 5. The molecule has 0 bridgehead atoms. The maximum absolute atomic E-state index is 13.0. The van der Waals surface area contributed by atoms with Crippen LogP contribution in [0.1, 0.15) is 26.3 Å². The number of carbonyl (C=O) groups excluding carboxylic acids is 4. The molecule has 0 spiro atoms. The lowest BCUT2D eigenvalue weighted by molar-refractivity contribution is -0.135. The Labute approximate surface area is 210 Å². The van der Waals surface area contributed by atoms with Gasteiger partial charge in [-0.05, 0) is 60.5 Å². The van der Waals surface area contributed by atoms with E-state index in [1.807, 2.05) is 0 Å². The van der Waals surface area contributed by atoms with E-state index < -0.39 is 23.7 Å². The fourth-order valence-corrected chi connectivity index (χ4v) is 4.47. The lowest BCUT2D eigenvalue weighted by Crippen LogP contribution is -2.35. The number of nitrogens with zero attached hydrogens (tertiary/aromatic N) is 1. The summed E-state index contributed by atoms with van der Waals surface area (Å²) < 4.78 is 0. The summed E-state index contributed by atoms with van der Waals surface area (Å²) in [6.07, 6.45) is 0.376. The maximum atomic E-state index is 13.0. The van der Waals surface area contributed by atoms with Crippen LogP contribution >= 0.6 is 11.8 Å². The van der Waals surface area contributed by atoms with Crippen molar-refractivity contribution >= 4 is 52.1 Å². The molecule has 0 radical (unpaired) electrons. The molecular formula is C26H21N3O6S. The zero-order chi connectivity index (χ0) is 25.7. The fraction of sp³-hybridized carbons (Fsp3) is 0.115. The van der Waals surface area contributed by atoms with Gasteiger partial charge in [-0.15, -0.1) is 0 Å². The second kappa shape index (κ2) is 10.9. The second-order valence-electron chi connectivity index (χ2n) is 7.94. The number of rotatable bonds is 8. The van der Waals surface area contributed by atoms with E-state index in [1.165, 1.54) is 17.0 Å². The van der Waals surface area contributed by atoms with E-state index in [1.54, 1.807) is 66.7 Å². The number of carboxylic acid groups (broad SMARTS) is 1. The number of benzene rings is 3. The van der Waals surface area contributed by atoms with Gasteiger partial charge in [-0.2, -0.15) is 0 Å². The highest BCUT2D eigenvalue weighted by atomic mass is 32.2. The van der Waals surface area contributed by atoms with Crippen molar-refractivity contribution in [2.45, 2.75) is 11.7 Å². The summed E-state index contributed by atoms with van der Waals surface area (Å²) in [6.45, 7) is -0.488. The van der Waals surface area contributed by atoms with Crippen molar-refractivity contribution < 1.29 is 29.1 Å². The Kier molecular flexibility index (Phi) is 7.45. The van der Waals surface area contributed by atoms with Gasteiger partial charge < -0.3 is 10.4 Å². The molecule has 1 heterocycles. The molecule has 3 aromatic carbocycles. The van der Waals surface area contributed by atoms with E-state index >= 15 is 0 Å². The van der Waals surface area contributed by atoms with Crippen molar-refractivity contribution in [3.8, 4) is 0 Å². The van der Waals surface area contributed by atoms with E-state index in [9.17, 15) is 29.1 Å². The molecule has 1 fully saturated rings. The Morgan fingerprint density at radius 2 is 1.53 bits per heavy atom. The zero-order valence-corrected chi connectivity index (χ0v) is 19.7. The fourth-order valence-electron chi connectivity index (χ4n) is 3.61. The lowest BCUT2D eigenvalue weighted by atomic mass is 10.1. The van der Waals surface area contributed by atoms with Crippen LogP contribution < -0.4 is 15.5 Å². The van der Waals surface area contributed by atoms with Crippen molar-refractivity contribution in [3.63, 3.8) is 0 Å². The molecular weight excluding hydrogens is 482 g/mol. The molecule has 182 valence electrons. The number of imide groups is 1. The third-order valence-electron chi connectivity index (χ3n) is 5.40. The van der Waals surface area contributed by atoms with Gasteiger partial charge in [-0.1, -0.05) is 42.1 Å². The number of aliphatic carboxylic acids is 1. The third-order valence-corrected chi connectivity index (χ3v) is 6.38. The highest BCUT2D eigenvalue weighted by molar-refractivity contribution is 8.15. The molecule has 1 atom stereocenters. The zero-order valence-electron chi connectivity index (χ0n) is 18.8. The number of nitrogens with one attached hydrogen (secondary N) is 2. The Morgan fingerprint density at radius 3 is 2.11 bits per heavy atom. The smallest absolute Gasteiger partial charge is 0.323 e. The Balaban J connectivity index is 1.39. The van der Waals surface area contributed by atoms with Crippen LogP contribution in [0.25, 0.3) is 0 Å². The van der Waals surface area contributed by atoms with Gasteiger partial charge in [0.2, 0.25) is 5.91 Å². The molecule has 3 N–H and O–H groups in total. The van der Waals surface area contributed by atoms with E-state index in [4.69, 9.17) is 0 Å². The van der Waals surface area contributed by atoms with Crippen LogP contribution in [0.3, 0.4) is 0 Å². The Morgan fingerprint density at radius 1 is 0.889 bits per heavy atom. The van der Waals surface area contributed by atoms with Crippen LogP contribution in [0.5, 0.6) is 0 Å². The molecule has 4 amide bonds. The second-order valence-corrected chi connectivity index (χ2v) is 9.11. The summed E-state index contributed by atoms with van der Waals surface area (Å²) in [4.78, 5) is 61.1. The molecule has 0 aromatic heterocycles. The van der Waals surface area contributed by atoms with Crippen molar-refractivity contribution in [3.05, 3.63) is 95.6 Å². The number of thioether (sulfide) groups is 1. The predicted molar refractivity (Wildman–Crippen MR) is 135 cm³/mol. The van der Waals surface area contributed by atoms with E-state index in [0.717, 1.165) is 17.3 Å². The Bertz CT molecular complexity index is 1310. The third kappa shape index (κ3) is 5.97. The van der Waals surface area contributed by atoms with Crippen LogP contribution in [0.2, 0.25) is 0 Å². The first kappa shape index (κ1) is 24.7. The molecule has 36 heavy (non-hydrogen) atoms. The minimum atomic E-state index is -1.14. The quantitative estimate of drug-likeness (QED) is 0.428. The van der Waals surface area contributed by atoms with Crippen LogP contribution in [-0.2, 0) is 16.0 Å². The maximum Gasteiger partial charge on any atom is 0.323 e. The molecule has 1 aliphatic rings. The van der Waals surface area contributed by atoms with E-state index in [0.29, 0.717) is 23.4 Å². The molecule has 3 aromatic rings. The summed E-state index contributed by atoms with van der Waals surface area (Å²) in [5.41, 5.74) is 2.42. The van der Waals surface area contributed by atoms with Crippen LogP contribution in [0, 0.1) is 0 Å². The van der Waals surface area contributed by atoms with Gasteiger partial charge in [-0.25, -0.2) is 0 Å². The first-order chi connectivity index (χ1) is 17.3. The van der Waals surface area contributed by atoms with Gasteiger partial charge in [0.25, 0.3) is 17.1 Å². The molecule has 9 nitrogen and oxygen atoms in total. The molecule has 1 unspecified atom stereocenters. The van der Waals surface area contributed by atoms with E-state index in [2.05, 4.69) is 10.6 Å². The molecule has 10 heteroatoms. The summed E-state index contributed by atoms with van der Waals surface area (Å²) in [5, 5.41) is 13.4. The molecule has 1 saturated heterocycles. The summed E-state index contributed by atoms with van der Waals surface area (Å²) >= 11 is 0.952. The van der Waals surface area contributed by atoms with Gasteiger partial charge in [0.15, 0.2) is 0 Å². The first-order valence-electron chi connectivity index (χ1n) is 10.9. The number of amides is 4. The minimum absolute atomic E-state index is 0.273. The monoisotopic (exact) mass is 503 g/mol. The molecule has 4 rings (SSSR count). The van der Waals surface area contributed by atoms with Crippen LogP contribution in [0.4, 0.5) is 16.2 Å². The minimum Gasteiger partial charge on any atom is -0.480 e. The van der Waals surface area contributed by atoms with Gasteiger partial charge in [0, 0.05) is 22.5 Å². The summed E-state index contributed by atoms with van der Waals surface area (Å²) in [5.74, 6) is -2.29. The van der Waals surface area contributed by atoms with Crippen molar-refractivity contribution in [1.82, 2.24) is 5.32 Å². The topological polar surface area (TPSA) is 133 Å². The summed E-state index contributed by atoms with van der Waals surface area (Å²) in [7, 11) is 0. The lowest BCUT2D eigenvalue weighted by Gasteiger charge is -2.21. The molecule has 0 aliphatic carbocycles. The number of hydrogen-bond donors (Lipinski definition) is 3. The van der Waals surface area contributed by atoms with Gasteiger partial charge in [0.05, 0.1) is 5.25 Å². The van der Waals surface area contributed by atoms with E-state index in [-0.39, 0.29) is 22.6 Å². The molecule has 1 aliphatic heterocycles. The Hall–Kier alpha value is -4.44. The first-order valence-corrected chi connectivity index (χ1v) is 11.8. The molecule has 0 saturated carbocycles. The van der Waals surface area contributed by atoms with Crippen molar-refractivity contribution in [2.24, 2.45) is 0 Å². The highest BCUT2D eigenvalue weighted by Crippen LogP contribution is 2.23. The number of hydrogen-bond acceptors (Lipinski definition) is 6. The average Bonchev–Trinajstić information content (AvgIpc) is 3.19. The largest absolute Gasteiger partial charge is 0.480 e. The van der Waals surface area contributed by atoms with Gasteiger partial charge in [0.1, 0.15) is 6.54 Å². The highest BCUT2D eigenvalue weighted by Gasteiger charge is 2.31.